The molecule has 0 aliphatic heterocycles. The van der Waals surface area contributed by atoms with E-state index in [-0.39, 0.29) is 12.2 Å². The van der Waals surface area contributed by atoms with Crippen molar-refractivity contribution in [3.8, 4) is 0 Å². The second-order valence-electron chi connectivity index (χ2n) is 3.59. The van der Waals surface area contributed by atoms with Crippen molar-refractivity contribution in [1.82, 2.24) is 19.7 Å². The summed E-state index contributed by atoms with van der Waals surface area (Å²) in [5.74, 6) is 0.170. The van der Waals surface area contributed by atoms with Gasteiger partial charge in [-0.05, 0) is 4.92 Å². The van der Waals surface area contributed by atoms with Gasteiger partial charge in [-0.1, -0.05) is 0 Å². The van der Waals surface area contributed by atoms with Gasteiger partial charge in [-0.2, -0.15) is 0 Å². The highest BCUT2D eigenvalue weighted by atomic mass is 32.2. The molecule has 2 aromatic heterocycles. The van der Waals surface area contributed by atoms with Gasteiger partial charge in [0.15, 0.2) is 16.9 Å². The second kappa shape index (κ2) is 5.50. The summed E-state index contributed by atoms with van der Waals surface area (Å²) in [6.45, 7) is 0. The van der Waals surface area contributed by atoms with E-state index in [1.54, 1.807) is 0 Å². The van der Waals surface area contributed by atoms with Crippen molar-refractivity contribution in [1.29, 1.82) is 0 Å². The fourth-order valence-electron chi connectivity index (χ4n) is 1.53. The molecule has 2 rings (SSSR count). The monoisotopic (exact) mass is 303 g/mol. The molecule has 0 saturated heterocycles. The predicted molar refractivity (Wildman–Crippen MR) is 67.0 cm³/mol. The van der Waals surface area contributed by atoms with Crippen LogP contribution in [-0.4, -0.2) is 33.4 Å². The number of hydrogen-bond donors (Lipinski definition) is 1. The van der Waals surface area contributed by atoms with Gasteiger partial charge in [0.1, 0.15) is 22.0 Å². The highest BCUT2D eigenvalue weighted by Crippen LogP contribution is 2.25. The standard InChI is InChI=1S/C8H9N5O4S2/c1-12-6(9-3-7(12)13(14)15)2-5(19(16)17)8-11-10-4-18-8/h3-5H,2H2,1H3,(H,16,17). The molecule has 2 aromatic rings. The Morgan fingerprint density at radius 2 is 2.42 bits per heavy atom. The lowest BCUT2D eigenvalue weighted by molar-refractivity contribution is -0.391. The van der Waals surface area contributed by atoms with Crippen molar-refractivity contribution in [3.63, 3.8) is 0 Å². The van der Waals surface area contributed by atoms with Crippen LogP contribution in [0.5, 0.6) is 0 Å². The fraction of sp³-hybridized carbons (Fsp3) is 0.375. The van der Waals surface area contributed by atoms with Crippen LogP contribution in [0.1, 0.15) is 16.1 Å². The minimum absolute atomic E-state index is 0.0721. The average molecular weight is 303 g/mol. The first kappa shape index (κ1) is 13.7. The van der Waals surface area contributed by atoms with Crippen LogP contribution in [0.15, 0.2) is 11.7 Å². The number of hydrogen-bond acceptors (Lipinski definition) is 7. The summed E-state index contributed by atoms with van der Waals surface area (Å²) in [6, 6.07) is 0. The van der Waals surface area contributed by atoms with Crippen LogP contribution in [0.2, 0.25) is 0 Å². The number of aromatic nitrogens is 4. The van der Waals surface area contributed by atoms with E-state index in [0.717, 1.165) is 17.5 Å². The smallest absolute Gasteiger partial charge is 0.342 e. The normalized spacial score (nSPS) is 14.2. The third-order valence-corrected chi connectivity index (χ3v) is 4.34. The Kier molecular flexibility index (Phi) is 3.97. The van der Waals surface area contributed by atoms with Crippen LogP contribution in [-0.2, 0) is 24.5 Å². The summed E-state index contributed by atoms with van der Waals surface area (Å²) in [5, 5.41) is 17.7. The highest BCUT2D eigenvalue weighted by Gasteiger charge is 2.27. The van der Waals surface area contributed by atoms with Crippen molar-refractivity contribution >= 4 is 28.2 Å². The molecule has 0 amide bonds. The van der Waals surface area contributed by atoms with Gasteiger partial charge in [0.05, 0.1) is 13.5 Å². The minimum Gasteiger partial charge on any atom is -0.358 e. The first-order valence-electron chi connectivity index (χ1n) is 5.01. The molecule has 0 radical (unpaired) electrons. The Labute approximate surface area is 113 Å². The Morgan fingerprint density at radius 1 is 1.68 bits per heavy atom. The molecular weight excluding hydrogens is 294 g/mol. The maximum Gasteiger partial charge on any atom is 0.342 e. The zero-order chi connectivity index (χ0) is 14.0. The Bertz CT molecular complexity index is 611. The largest absolute Gasteiger partial charge is 0.358 e. The average Bonchev–Trinajstić information content (AvgIpc) is 2.95. The van der Waals surface area contributed by atoms with E-state index in [2.05, 4.69) is 15.2 Å². The Balaban J connectivity index is 2.28. The molecule has 11 heteroatoms. The zero-order valence-electron chi connectivity index (χ0n) is 9.66. The van der Waals surface area contributed by atoms with Gasteiger partial charge in [-0.25, -0.2) is 13.8 Å². The summed E-state index contributed by atoms with van der Waals surface area (Å²) in [6.07, 6.45) is 1.19. The lowest BCUT2D eigenvalue weighted by atomic mass is 10.3. The van der Waals surface area contributed by atoms with E-state index in [0.29, 0.717) is 10.8 Å². The van der Waals surface area contributed by atoms with Crippen LogP contribution >= 0.6 is 11.3 Å². The molecule has 0 saturated carbocycles. The summed E-state index contributed by atoms with van der Waals surface area (Å²) < 4.78 is 21.9. The van der Waals surface area contributed by atoms with E-state index >= 15 is 0 Å². The van der Waals surface area contributed by atoms with Gasteiger partial charge in [0.25, 0.3) is 0 Å². The van der Waals surface area contributed by atoms with E-state index in [1.165, 1.54) is 17.1 Å². The number of nitrogens with zero attached hydrogens (tertiary/aromatic N) is 5. The molecule has 1 N–H and O–H groups in total. The van der Waals surface area contributed by atoms with Crippen LogP contribution in [0.4, 0.5) is 5.82 Å². The molecule has 19 heavy (non-hydrogen) atoms. The maximum atomic E-state index is 11.3. The van der Waals surface area contributed by atoms with Crippen molar-refractivity contribution in [3.05, 3.63) is 32.7 Å². The molecule has 0 aliphatic carbocycles. The van der Waals surface area contributed by atoms with Crippen molar-refractivity contribution < 1.29 is 13.7 Å². The topological polar surface area (TPSA) is 124 Å². The minimum atomic E-state index is -2.16. The molecule has 0 bridgehead atoms. The van der Waals surface area contributed by atoms with Gasteiger partial charge in [0, 0.05) is 0 Å². The molecule has 0 fully saturated rings. The summed E-state index contributed by atoms with van der Waals surface area (Å²) in [5.41, 5.74) is 1.45. The fourth-order valence-corrected chi connectivity index (χ4v) is 2.99. The Hall–Kier alpha value is -1.72. The molecule has 0 aliphatic rings. The molecular formula is C8H9N5O4S2. The van der Waals surface area contributed by atoms with E-state index in [1.807, 2.05) is 0 Å². The summed E-state index contributed by atoms with van der Waals surface area (Å²) >= 11 is -1.01. The molecule has 9 nitrogen and oxygen atoms in total. The highest BCUT2D eigenvalue weighted by molar-refractivity contribution is 7.79. The molecule has 102 valence electrons. The first-order valence-corrected chi connectivity index (χ1v) is 7.06. The lowest BCUT2D eigenvalue weighted by Gasteiger charge is -2.07. The molecule has 2 heterocycles. The third-order valence-electron chi connectivity index (χ3n) is 2.51. The number of rotatable bonds is 5. The number of imidazole rings is 1. The zero-order valence-corrected chi connectivity index (χ0v) is 11.3. The van der Waals surface area contributed by atoms with Gasteiger partial charge in [0.2, 0.25) is 0 Å². The SMILES string of the molecule is Cn1c([N+](=O)[O-])cnc1CC(c1nncs1)S(=O)O. The van der Waals surface area contributed by atoms with E-state index in [4.69, 9.17) is 0 Å². The molecule has 2 unspecified atom stereocenters. The summed E-state index contributed by atoms with van der Waals surface area (Å²) in [7, 11) is 1.48. The van der Waals surface area contributed by atoms with Gasteiger partial charge in [-0.15, -0.1) is 21.5 Å². The maximum absolute atomic E-state index is 11.3. The van der Waals surface area contributed by atoms with Gasteiger partial charge >= 0.3 is 5.82 Å². The Morgan fingerprint density at radius 3 is 2.89 bits per heavy atom. The van der Waals surface area contributed by atoms with Gasteiger partial charge in [-0.3, -0.25) is 0 Å². The molecule has 2 atom stereocenters. The lowest BCUT2D eigenvalue weighted by Crippen LogP contribution is -2.12. The second-order valence-corrected chi connectivity index (χ2v) is 5.58. The van der Waals surface area contributed by atoms with Crippen LogP contribution in [0, 0.1) is 10.1 Å². The van der Waals surface area contributed by atoms with Crippen molar-refractivity contribution in [2.75, 3.05) is 0 Å². The molecule has 0 aromatic carbocycles. The van der Waals surface area contributed by atoms with Crippen molar-refractivity contribution in [2.45, 2.75) is 11.7 Å². The number of nitro groups is 1. The quantitative estimate of drug-likeness (QED) is 0.489. The van der Waals surface area contributed by atoms with Crippen LogP contribution in [0.3, 0.4) is 0 Å². The van der Waals surface area contributed by atoms with Crippen molar-refractivity contribution in [2.24, 2.45) is 7.05 Å². The van der Waals surface area contributed by atoms with E-state index in [9.17, 15) is 18.9 Å². The van der Waals surface area contributed by atoms with E-state index < -0.39 is 21.3 Å². The van der Waals surface area contributed by atoms with Crippen LogP contribution < -0.4 is 0 Å². The first-order chi connectivity index (χ1) is 9.00. The third kappa shape index (κ3) is 2.83. The predicted octanol–water partition coefficient (Wildman–Crippen LogP) is 0.685. The van der Waals surface area contributed by atoms with Gasteiger partial charge < -0.3 is 14.7 Å². The van der Waals surface area contributed by atoms with Crippen LogP contribution in [0.25, 0.3) is 0 Å². The summed E-state index contributed by atoms with van der Waals surface area (Å²) in [4.78, 5) is 14.0. The molecule has 0 spiro atoms.